The molecule has 0 spiro atoms. The molecule has 0 aliphatic carbocycles. The fraction of sp³-hybridized carbons (Fsp3) is 0.182. The van der Waals surface area contributed by atoms with Gasteiger partial charge in [0, 0.05) is 12.1 Å². The molecule has 1 rings (SSSR count). The summed E-state index contributed by atoms with van der Waals surface area (Å²) in [6, 6.07) is 3.30. The van der Waals surface area contributed by atoms with Gasteiger partial charge in [-0.05, 0) is 12.5 Å². The molecule has 0 fully saturated rings. The first-order valence-electron chi connectivity index (χ1n) is 5.27. The molecule has 1 aromatic carbocycles. The molecule has 8 nitrogen and oxygen atoms in total. The third-order valence-electron chi connectivity index (χ3n) is 2.06. The quantitative estimate of drug-likeness (QED) is 0.266. The molecule has 8 heteroatoms. The van der Waals surface area contributed by atoms with Crippen LogP contribution in [0.3, 0.4) is 0 Å². The van der Waals surface area contributed by atoms with Crippen molar-refractivity contribution in [3.63, 3.8) is 0 Å². The zero-order chi connectivity index (χ0) is 14.4. The summed E-state index contributed by atoms with van der Waals surface area (Å²) in [5.41, 5.74) is -1.57. The highest BCUT2D eigenvalue weighted by atomic mass is 16.6. The van der Waals surface area contributed by atoms with Crippen LogP contribution in [-0.2, 0) is 4.79 Å². The van der Waals surface area contributed by atoms with E-state index in [9.17, 15) is 25.0 Å². The first kappa shape index (κ1) is 14.3. The Kier molecular flexibility index (Phi) is 4.69. The number of ether oxygens (including phenoxy) is 1. The van der Waals surface area contributed by atoms with Crippen LogP contribution in [0, 0.1) is 20.2 Å². The maximum Gasteiger partial charge on any atom is 0.388 e. The van der Waals surface area contributed by atoms with E-state index in [1.807, 2.05) is 0 Å². The lowest BCUT2D eigenvalue weighted by Gasteiger charge is -2.02. The van der Waals surface area contributed by atoms with Gasteiger partial charge in [-0.2, -0.15) is 0 Å². The zero-order valence-electron chi connectivity index (χ0n) is 9.94. The number of hydrogen-bond acceptors (Lipinski definition) is 6. The highest BCUT2D eigenvalue weighted by Gasteiger charge is 2.30. The van der Waals surface area contributed by atoms with Crippen LogP contribution in [0.5, 0.6) is 5.75 Å². The number of allylic oxidation sites excluding steroid dienone is 1. The number of para-hydroxylation sites is 1. The fourth-order valence-corrected chi connectivity index (χ4v) is 1.28. The van der Waals surface area contributed by atoms with Crippen molar-refractivity contribution in [2.75, 3.05) is 0 Å². The molecule has 0 unspecified atom stereocenters. The Hall–Kier alpha value is -2.77. The van der Waals surface area contributed by atoms with Gasteiger partial charge in [0.05, 0.1) is 9.85 Å². The van der Waals surface area contributed by atoms with Gasteiger partial charge in [0.1, 0.15) is 0 Å². The summed E-state index contributed by atoms with van der Waals surface area (Å²) in [7, 11) is 0. The minimum atomic E-state index is -0.954. The lowest BCUT2D eigenvalue weighted by Crippen LogP contribution is -2.07. The van der Waals surface area contributed by atoms with Gasteiger partial charge in [0.2, 0.25) is 5.75 Å². The van der Waals surface area contributed by atoms with Gasteiger partial charge in [-0.15, -0.1) is 0 Å². The molecular weight excluding hydrogens is 256 g/mol. The van der Waals surface area contributed by atoms with Crippen molar-refractivity contribution >= 4 is 17.3 Å². The van der Waals surface area contributed by atoms with Crippen LogP contribution in [0.2, 0.25) is 0 Å². The average Bonchev–Trinajstić information content (AvgIpc) is 2.35. The monoisotopic (exact) mass is 266 g/mol. The summed E-state index contributed by atoms with van der Waals surface area (Å²) in [5.74, 6) is -1.28. The van der Waals surface area contributed by atoms with E-state index in [0.29, 0.717) is 6.42 Å². The number of esters is 1. The smallest absolute Gasteiger partial charge is 0.388 e. The van der Waals surface area contributed by atoms with Crippen LogP contribution in [0.4, 0.5) is 11.4 Å². The maximum atomic E-state index is 11.3. The van der Waals surface area contributed by atoms with Crippen LogP contribution >= 0.6 is 0 Å². The van der Waals surface area contributed by atoms with Gasteiger partial charge in [0.25, 0.3) is 0 Å². The first-order valence-corrected chi connectivity index (χ1v) is 5.27. The Morgan fingerprint density at radius 1 is 1.32 bits per heavy atom. The predicted octanol–water partition coefficient (Wildman–Crippen LogP) is 2.37. The first-order chi connectivity index (χ1) is 8.97. The summed E-state index contributed by atoms with van der Waals surface area (Å²) < 4.78 is 4.73. The number of nitrogens with zero attached hydrogens (tertiary/aromatic N) is 2. The molecule has 0 saturated carbocycles. The Morgan fingerprint density at radius 3 is 2.53 bits per heavy atom. The minimum Gasteiger partial charge on any atom is -0.416 e. The second kappa shape index (κ2) is 6.24. The molecule has 1 aromatic rings. The highest BCUT2D eigenvalue weighted by Crippen LogP contribution is 2.36. The average molecular weight is 266 g/mol. The van der Waals surface area contributed by atoms with Crippen molar-refractivity contribution < 1.29 is 19.4 Å². The van der Waals surface area contributed by atoms with E-state index >= 15 is 0 Å². The van der Waals surface area contributed by atoms with Crippen molar-refractivity contribution in [1.82, 2.24) is 0 Å². The molecule has 0 heterocycles. The number of rotatable bonds is 5. The number of hydrogen-bond donors (Lipinski definition) is 0. The Bertz CT molecular complexity index is 552. The second-order valence-corrected chi connectivity index (χ2v) is 3.37. The summed E-state index contributed by atoms with van der Waals surface area (Å²) in [5, 5.41) is 21.5. The summed E-state index contributed by atoms with van der Waals surface area (Å²) >= 11 is 0. The Balaban J connectivity index is 3.17. The number of carbonyl (C=O) groups is 1. The van der Waals surface area contributed by atoms with Gasteiger partial charge in [0.15, 0.2) is 0 Å². The van der Waals surface area contributed by atoms with E-state index in [1.54, 1.807) is 6.92 Å². The van der Waals surface area contributed by atoms with Crippen LogP contribution in [0.25, 0.3) is 0 Å². The zero-order valence-corrected chi connectivity index (χ0v) is 9.94. The van der Waals surface area contributed by atoms with Crippen molar-refractivity contribution in [3.05, 3.63) is 50.6 Å². The maximum absolute atomic E-state index is 11.3. The topological polar surface area (TPSA) is 113 Å². The summed E-state index contributed by atoms with van der Waals surface area (Å²) in [6.45, 7) is 1.79. The molecule has 19 heavy (non-hydrogen) atoms. The standard InChI is InChI=1S/C11H10N2O6/c1-2-3-7-10(14)19-9-6-4-5-8(12(15)16)11(9)13(17)18/h3-7H,2H2,1H3. The Labute approximate surface area is 107 Å². The molecule has 100 valence electrons. The van der Waals surface area contributed by atoms with E-state index in [1.165, 1.54) is 12.1 Å². The van der Waals surface area contributed by atoms with Crippen LogP contribution in [0.15, 0.2) is 30.4 Å². The van der Waals surface area contributed by atoms with Crippen molar-refractivity contribution in [1.29, 1.82) is 0 Å². The number of nitro benzene ring substituents is 2. The molecule has 0 aliphatic rings. The molecule has 0 radical (unpaired) electrons. The predicted molar refractivity (Wildman–Crippen MR) is 64.8 cm³/mol. The molecular formula is C11H10N2O6. The van der Waals surface area contributed by atoms with Crippen LogP contribution in [0.1, 0.15) is 13.3 Å². The summed E-state index contributed by atoms with van der Waals surface area (Å²) in [6.07, 6.45) is 3.19. The number of carbonyl (C=O) groups excluding carboxylic acids is 1. The van der Waals surface area contributed by atoms with Crippen molar-refractivity contribution in [3.8, 4) is 5.75 Å². The highest BCUT2D eigenvalue weighted by molar-refractivity contribution is 5.85. The normalized spacial score (nSPS) is 10.4. The number of benzene rings is 1. The minimum absolute atomic E-state index is 0.454. The lowest BCUT2D eigenvalue weighted by atomic mass is 10.2. The molecule has 0 aromatic heterocycles. The van der Waals surface area contributed by atoms with E-state index in [4.69, 9.17) is 4.74 Å². The van der Waals surface area contributed by atoms with Crippen LogP contribution < -0.4 is 4.74 Å². The third-order valence-corrected chi connectivity index (χ3v) is 2.06. The van der Waals surface area contributed by atoms with Gasteiger partial charge >= 0.3 is 17.3 Å². The Morgan fingerprint density at radius 2 is 2.00 bits per heavy atom. The van der Waals surface area contributed by atoms with E-state index in [2.05, 4.69) is 0 Å². The van der Waals surface area contributed by atoms with Crippen molar-refractivity contribution in [2.45, 2.75) is 13.3 Å². The molecule has 0 bridgehead atoms. The molecule has 0 saturated heterocycles. The van der Waals surface area contributed by atoms with Gasteiger partial charge in [-0.1, -0.05) is 19.1 Å². The molecule has 0 amide bonds. The van der Waals surface area contributed by atoms with E-state index < -0.39 is 32.9 Å². The molecule has 0 N–H and O–H groups in total. The molecule has 0 atom stereocenters. The largest absolute Gasteiger partial charge is 0.416 e. The van der Waals surface area contributed by atoms with Gasteiger partial charge in [-0.25, -0.2) is 4.79 Å². The van der Waals surface area contributed by atoms with Gasteiger partial charge < -0.3 is 4.74 Å². The molecule has 0 aliphatic heterocycles. The lowest BCUT2D eigenvalue weighted by molar-refractivity contribution is -0.423. The SMILES string of the molecule is CCC=CC(=O)Oc1cccc([N+](=O)[O-])c1[N+](=O)[O-]. The third kappa shape index (κ3) is 3.60. The van der Waals surface area contributed by atoms with E-state index in [0.717, 1.165) is 18.2 Å². The van der Waals surface area contributed by atoms with E-state index in [-0.39, 0.29) is 0 Å². The van der Waals surface area contributed by atoms with Gasteiger partial charge in [-0.3, -0.25) is 20.2 Å². The second-order valence-electron chi connectivity index (χ2n) is 3.37. The number of nitro groups is 2. The summed E-state index contributed by atoms with van der Waals surface area (Å²) in [4.78, 5) is 31.0. The van der Waals surface area contributed by atoms with Crippen molar-refractivity contribution in [2.24, 2.45) is 0 Å². The van der Waals surface area contributed by atoms with Crippen LogP contribution in [-0.4, -0.2) is 15.8 Å². The fourth-order valence-electron chi connectivity index (χ4n) is 1.28.